The first-order valence-electron chi connectivity index (χ1n) is 8.24. The highest BCUT2D eigenvalue weighted by molar-refractivity contribution is 7.80. The number of nitrogens with one attached hydrogen (secondary N) is 2. The second-order valence-electron chi connectivity index (χ2n) is 5.77. The van der Waals surface area contributed by atoms with Gasteiger partial charge in [-0.25, -0.2) is 0 Å². The van der Waals surface area contributed by atoms with Crippen LogP contribution in [0.3, 0.4) is 0 Å². The van der Waals surface area contributed by atoms with Gasteiger partial charge in [0.25, 0.3) is 0 Å². The fraction of sp³-hybridized carbons (Fsp3) is 0.316. The molecule has 5 heteroatoms. The molecule has 24 heavy (non-hydrogen) atoms. The van der Waals surface area contributed by atoms with Gasteiger partial charge in [0.2, 0.25) is 6.79 Å². The molecule has 0 spiro atoms. The zero-order valence-electron chi connectivity index (χ0n) is 13.7. The molecule has 2 aromatic carbocycles. The number of ether oxygens (including phenoxy) is 2. The third kappa shape index (κ3) is 4.17. The van der Waals surface area contributed by atoms with Gasteiger partial charge < -0.3 is 20.1 Å². The molecule has 2 N–H and O–H groups in total. The van der Waals surface area contributed by atoms with Crippen LogP contribution >= 0.6 is 12.2 Å². The topological polar surface area (TPSA) is 42.5 Å². The molecule has 0 aliphatic carbocycles. The summed E-state index contributed by atoms with van der Waals surface area (Å²) in [5.41, 5.74) is 2.36. The van der Waals surface area contributed by atoms with Crippen LogP contribution in [-0.2, 0) is 6.54 Å². The van der Waals surface area contributed by atoms with Gasteiger partial charge in [0.15, 0.2) is 16.6 Å². The van der Waals surface area contributed by atoms with E-state index in [1.54, 1.807) is 0 Å². The lowest BCUT2D eigenvalue weighted by atomic mass is 10.0. The smallest absolute Gasteiger partial charge is 0.231 e. The van der Waals surface area contributed by atoms with Crippen molar-refractivity contribution in [2.24, 2.45) is 0 Å². The Bertz CT molecular complexity index is 691. The maximum Gasteiger partial charge on any atom is 0.231 e. The first-order chi connectivity index (χ1) is 11.8. The molecule has 1 aliphatic heterocycles. The van der Waals surface area contributed by atoms with Gasteiger partial charge in [-0.2, -0.15) is 0 Å². The molecule has 1 aliphatic rings. The fourth-order valence-electron chi connectivity index (χ4n) is 2.74. The average Bonchev–Trinajstić information content (AvgIpc) is 3.08. The second-order valence-corrected chi connectivity index (χ2v) is 6.17. The minimum absolute atomic E-state index is 0.230. The summed E-state index contributed by atoms with van der Waals surface area (Å²) in [4.78, 5) is 0. The van der Waals surface area contributed by atoms with Gasteiger partial charge in [-0.1, -0.05) is 49.7 Å². The lowest BCUT2D eigenvalue weighted by molar-refractivity contribution is 0.174. The number of rotatable bonds is 6. The van der Waals surface area contributed by atoms with E-state index in [4.69, 9.17) is 21.7 Å². The maximum absolute atomic E-state index is 5.46. The van der Waals surface area contributed by atoms with Crippen molar-refractivity contribution < 1.29 is 9.47 Å². The van der Waals surface area contributed by atoms with Gasteiger partial charge >= 0.3 is 0 Å². The molecule has 126 valence electrons. The van der Waals surface area contributed by atoms with E-state index in [-0.39, 0.29) is 6.04 Å². The Labute approximate surface area is 148 Å². The van der Waals surface area contributed by atoms with Crippen LogP contribution in [0.25, 0.3) is 0 Å². The van der Waals surface area contributed by atoms with E-state index in [2.05, 4.69) is 41.8 Å². The van der Waals surface area contributed by atoms with Crippen molar-refractivity contribution in [1.29, 1.82) is 0 Å². The van der Waals surface area contributed by atoms with Crippen molar-refractivity contribution in [1.82, 2.24) is 10.6 Å². The molecular formula is C19H22N2O2S. The van der Waals surface area contributed by atoms with Crippen LogP contribution in [0.2, 0.25) is 0 Å². The summed E-state index contributed by atoms with van der Waals surface area (Å²) in [7, 11) is 0. The van der Waals surface area contributed by atoms with Crippen LogP contribution in [0, 0.1) is 0 Å². The molecule has 0 saturated heterocycles. The third-order valence-corrected chi connectivity index (χ3v) is 4.24. The molecular weight excluding hydrogens is 320 g/mol. The fourth-order valence-corrected chi connectivity index (χ4v) is 2.95. The zero-order chi connectivity index (χ0) is 16.8. The molecule has 0 unspecified atom stereocenters. The SMILES string of the molecule is CCC[C@H](NC(=S)NCc1ccc2c(c1)OCO2)c1ccccc1. The summed E-state index contributed by atoms with van der Waals surface area (Å²) < 4.78 is 10.7. The Morgan fingerprint density at radius 3 is 2.71 bits per heavy atom. The average molecular weight is 342 g/mol. The van der Waals surface area contributed by atoms with Crippen LogP contribution in [0.1, 0.15) is 36.9 Å². The second kappa shape index (κ2) is 8.02. The normalized spacial score (nSPS) is 13.4. The van der Waals surface area contributed by atoms with Gasteiger partial charge in [-0.15, -0.1) is 0 Å². The number of hydrogen-bond donors (Lipinski definition) is 2. The van der Waals surface area contributed by atoms with E-state index in [1.807, 2.05) is 24.3 Å². The van der Waals surface area contributed by atoms with Crippen molar-refractivity contribution >= 4 is 17.3 Å². The third-order valence-electron chi connectivity index (χ3n) is 3.97. The van der Waals surface area contributed by atoms with Crippen molar-refractivity contribution in [3.63, 3.8) is 0 Å². The molecule has 0 amide bonds. The van der Waals surface area contributed by atoms with Gasteiger partial charge in [0.05, 0.1) is 6.04 Å². The highest BCUT2D eigenvalue weighted by Crippen LogP contribution is 2.32. The molecule has 3 rings (SSSR count). The molecule has 1 heterocycles. The van der Waals surface area contributed by atoms with Gasteiger partial charge in [0, 0.05) is 6.54 Å². The molecule has 0 bridgehead atoms. The van der Waals surface area contributed by atoms with E-state index in [0.717, 1.165) is 29.9 Å². The summed E-state index contributed by atoms with van der Waals surface area (Å²) in [5.74, 6) is 1.59. The number of hydrogen-bond acceptors (Lipinski definition) is 3. The summed E-state index contributed by atoms with van der Waals surface area (Å²) in [6, 6.07) is 16.6. The van der Waals surface area contributed by atoms with E-state index >= 15 is 0 Å². The highest BCUT2D eigenvalue weighted by atomic mass is 32.1. The molecule has 0 fully saturated rings. The van der Waals surface area contributed by atoms with E-state index < -0.39 is 0 Å². The highest BCUT2D eigenvalue weighted by Gasteiger charge is 2.14. The Hall–Kier alpha value is -2.27. The molecule has 0 saturated carbocycles. The summed E-state index contributed by atoms with van der Waals surface area (Å²) >= 11 is 5.46. The first kappa shape index (κ1) is 16.6. The van der Waals surface area contributed by atoms with Crippen LogP contribution < -0.4 is 20.1 Å². The Morgan fingerprint density at radius 2 is 1.92 bits per heavy atom. The minimum atomic E-state index is 0.230. The number of thiocarbonyl (C=S) groups is 1. The lowest BCUT2D eigenvalue weighted by Crippen LogP contribution is -2.37. The summed E-state index contributed by atoms with van der Waals surface area (Å²) in [5, 5.41) is 7.36. The van der Waals surface area contributed by atoms with E-state index in [0.29, 0.717) is 18.5 Å². The number of benzene rings is 2. The van der Waals surface area contributed by atoms with Gasteiger partial charge in [0.1, 0.15) is 0 Å². The van der Waals surface area contributed by atoms with E-state index in [1.165, 1.54) is 5.56 Å². The van der Waals surface area contributed by atoms with Crippen LogP contribution in [0.4, 0.5) is 0 Å². The quantitative estimate of drug-likeness (QED) is 0.779. The largest absolute Gasteiger partial charge is 0.454 e. The monoisotopic (exact) mass is 342 g/mol. The zero-order valence-corrected chi connectivity index (χ0v) is 14.6. The molecule has 2 aromatic rings. The predicted octanol–water partition coefficient (Wildman–Crippen LogP) is 3.92. The Balaban J connectivity index is 1.56. The molecule has 4 nitrogen and oxygen atoms in total. The minimum Gasteiger partial charge on any atom is -0.454 e. The molecule has 0 aromatic heterocycles. The lowest BCUT2D eigenvalue weighted by Gasteiger charge is -2.21. The maximum atomic E-state index is 5.46. The van der Waals surface area contributed by atoms with Crippen LogP contribution in [0.5, 0.6) is 11.5 Å². The van der Waals surface area contributed by atoms with Gasteiger partial charge in [-0.05, 0) is 41.9 Å². The van der Waals surface area contributed by atoms with E-state index in [9.17, 15) is 0 Å². The van der Waals surface area contributed by atoms with Crippen molar-refractivity contribution in [3.05, 3.63) is 59.7 Å². The van der Waals surface area contributed by atoms with Crippen LogP contribution in [-0.4, -0.2) is 11.9 Å². The first-order valence-corrected chi connectivity index (χ1v) is 8.65. The summed E-state index contributed by atoms with van der Waals surface area (Å²) in [6.45, 7) is 3.12. The Morgan fingerprint density at radius 1 is 1.12 bits per heavy atom. The number of fused-ring (bicyclic) bond motifs is 1. The van der Waals surface area contributed by atoms with Crippen molar-refractivity contribution in [2.75, 3.05) is 6.79 Å². The molecule has 0 radical (unpaired) electrons. The molecule has 1 atom stereocenters. The Kier molecular flexibility index (Phi) is 5.54. The van der Waals surface area contributed by atoms with Crippen LogP contribution in [0.15, 0.2) is 48.5 Å². The summed E-state index contributed by atoms with van der Waals surface area (Å²) in [6.07, 6.45) is 2.13. The van der Waals surface area contributed by atoms with Crippen molar-refractivity contribution in [3.8, 4) is 11.5 Å². The van der Waals surface area contributed by atoms with Crippen molar-refractivity contribution in [2.45, 2.75) is 32.4 Å². The predicted molar refractivity (Wildman–Crippen MR) is 99.2 cm³/mol. The van der Waals surface area contributed by atoms with Gasteiger partial charge in [-0.3, -0.25) is 0 Å². The standard InChI is InChI=1S/C19H22N2O2S/c1-2-6-16(15-7-4-3-5-8-15)21-19(24)20-12-14-9-10-17-18(11-14)23-13-22-17/h3-5,7-11,16H,2,6,12-13H2,1H3,(H2,20,21,24)/t16-/m0/s1.